The zero-order valence-electron chi connectivity index (χ0n) is 7.66. The van der Waals surface area contributed by atoms with E-state index in [1.807, 2.05) is 6.92 Å². The SMILES string of the molecule is Cc1c(Cl)cccc1C(O)C(C)O. The molecular weight excluding hydrogens is 188 g/mol. The average molecular weight is 201 g/mol. The van der Waals surface area contributed by atoms with Gasteiger partial charge in [0.2, 0.25) is 0 Å². The van der Waals surface area contributed by atoms with E-state index in [9.17, 15) is 10.2 Å². The summed E-state index contributed by atoms with van der Waals surface area (Å²) in [7, 11) is 0. The first-order valence-corrected chi connectivity index (χ1v) is 4.53. The maximum absolute atomic E-state index is 9.59. The second-order valence-corrected chi connectivity index (χ2v) is 3.55. The molecule has 2 nitrogen and oxygen atoms in total. The molecule has 0 aliphatic carbocycles. The Labute approximate surface area is 82.8 Å². The van der Waals surface area contributed by atoms with E-state index in [2.05, 4.69) is 0 Å². The highest BCUT2D eigenvalue weighted by Gasteiger charge is 2.16. The van der Waals surface area contributed by atoms with Crippen LogP contribution in [0, 0.1) is 6.92 Å². The fraction of sp³-hybridized carbons (Fsp3) is 0.400. The summed E-state index contributed by atoms with van der Waals surface area (Å²) in [5, 5.41) is 19.4. The van der Waals surface area contributed by atoms with Crippen LogP contribution in [0.15, 0.2) is 18.2 Å². The molecule has 0 aromatic heterocycles. The van der Waals surface area contributed by atoms with Gasteiger partial charge < -0.3 is 10.2 Å². The van der Waals surface area contributed by atoms with Crippen LogP contribution in [0.4, 0.5) is 0 Å². The minimum absolute atomic E-state index is 0.609. The Bertz CT molecular complexity index is 297. The van der Waals surface area contributed by atoms with Crippen LogP contribution < -0.4 is 0 Å². The summed E-state index contributed by atoms with van der Waals surface area (Å²) in [6.45, 7) is 3.37. The van der Waals surface area contributed by atoms with Crippen LogP contribution in [0.1, 0.15) is 24.2 Å². The van der Waals surface area contributed by atoms with Crippen molar-refractivity contribution in [2.24, 2.45) is 0 Å². The highest BCUT2D eigenvalue weighted by molar-refractivity contribution is 6.31. The molecule has 0 aliphatic heterocycles. The molecule has 0 radical (unpaired) electrons. The van der Waals surface area contributed by atoms with E-state index >= 15 is 0 Å². The molecule has 2 unspecified atom stereocenters. The van der Waals surface area contributed by atoms with E-state index in [4.69, 9.17) is 11.6 Å². The van der Waals surface area contributed by atoms with Crippen molar-refractivity contribution < 1.29 is 10.2 Å². The third-order valence-electron chi connectivity index (χ3n) is 2.09. The van der Waals surface area contributed by atoms with Gasteiger partial charge in [-0.15, -0.1) is 0 Å². The van der Waals surface area contributed by atoms with Crippen LogP contribution >= 0.6 is 11.6 Å². The van der Waals surface area contributed by atoms with Gasteiger partial charge in [-0.1, -0.05) is 23.7 Å². The summed E-state index contributed by atoms with van der Waals surface area (Å²) < 4.78 is 0. The van der Waals surface area contributed by atoms with Crippen molar-refractivity contribution in [2.75, 3.05) is 0 Å². The second kappa shape index (κ2) is 4.09. The first-order valence-electron chi connectivity index (χ1n) is 4.15. The van der Waals surface area contributed by atoms with E-state index in [1.54, 1.807) is 25.1 Å². The number of halogens is 1. The third kappa shape index (κ3) is 2.21. The zero-order chi connectivity index (χ0) is 10.0. The molecule has 3 heteroatoms. The van der Waals surface area contributed by atoms with Crippen LogP contribution in [-0.4, -0.2) is 16.3 Å². The van der Waals surface area contributed by atoms with E-state index in [-0.39, 0.29) is 0 Å². The summed E-state index contributed by atoms with van der Waals surface area (Å²) in [6, 6.07) is 5.28. The van der Waals surface area contributed by atoms with Gasteiger partial charge in [-0.2, -0.15) is 0 Å². The molecule has 0 aliphatic rings. The highest BCUT2D eigenvalue weighted by atomic mass is 35.5. The quantitative estimate of drug-likeness (QED) is 0.768. The summed E-state index contributed by atoms with van der Waals surface area (Å²) >= 11 is 5.87. The normalized spacial score (nSPS) is 15.5. The predicted octanol–water partition coefficient (Wildman–Crippen LogP) is 2.06. The Morgan fingerprint density at radius 1 is 1.31 bits per heavy atom. The van der Waals surface area contributed by atoms with Crippen LogP contribution in [-0.2, 0) is 0 Å². The summed E-state index contributed by atoms with van der Waals surface area (Å²) in [5.74, 6) is 0. The monoisotopic (exact) mass is 200 g/mol. The van der Waals surface area contributed by atoms with Gasteiger partial charge in [0, 0.05) is 5.02 Å². The fourth-order valence-electron chi connectivity index (χ4n) is 1.20. The molecule has 72 valence electrons. The van der Waals surface area contributed by atoms with Gasteiger partial charge in [0.05, 0.1) is 6.10 Å². The van der Waals surface area contributed by atoms with Crippen molar-refractivity contribution in [1.29, 1.82) is 0 Å². The highest BCUT2D eigenvalue weighted by Crippen LogP contribution is 2.25. The van der Waals surface area contributed by atoms with Crippen molar-refractivity contribution in [3.8, 4) is 0 Å². The van der Waals surface area contributed by atoms with Gasteiger partial charge in [-0.05, 0) is 31.0 Å². The van der Waals surface area contributed by atoms with Gasteiger partial charge in [0.25, 0.3) is 0 Å². The van der Waals surface area contributed by atoms with Crippen molar-refractivity contribution in [3.05, 3.63) is 34.3 Å². The average Bonchev–Trinajstić information content (AvgIpc) is 2.08. The standard InChI is InChI=1S/C10H13ClO2/c1-6-8(10(13)7(2)12)4-3-5-9(6)11/h3-5,7,10,12-13H,1-2H3. The predicted molar refractivity (Wildman–Crippen MR) is 52.8 cm³/mol. The Balaban J connectivity index is 3.07. The molecule has 1 rings (SSSR count). The van der Waals surface area contributed by atoms with E-state index < -0.39 is 12.2 Å². The lowest BCUT2D eigenvalue weighted by Gasteiger charge is -2.16. The Morgan fingerprint density at radius 2 is 1.92 bits per heavy atom. The molecule has 2 N–H and O–H groups in total. The molecule has 2 atom stereocenters. The second-order valence-electron chi connectivity index (χ2n) is 3.14. The van der Waals surface area contributed by atoms with Gasteiger partial charge >= 0.3 is 0 Å². The maximum Gasteiger partial charge on any atom is 0.105 e. The fourth-order valence-corrected chi connectivity index (χ4v) is 1.39. The van der Waals surface area contributed by atoms with Crippen LogP contribution in [0.2, 0.25) is 5.02 Å². The molecule has 0 saturated heterocycles. The van der Waals surface area contributed by atoms with Crippen molar-refractivity contribution >= 4 is 11.6 Å². The van der Waals surface area contributed by atoms with Crippen molar-refractivity contribution in [1.82, 2.24) is 0 Å². The smallest absolute Gasteiger partial charge is 0.105 e. The number of hydrogen-bond acceptors (Lipinski definition) is 2. The number of benzene rings is 1. The molecule has 0 fully saturated rings. The minimum Gasteiger partial charge on any atom is -0.390 e. The first kappa shape index (κ1) is 10.5. The molecular formula is C10H13ClO2. The molecule has 1 aromatic carbocycles. The van der Waals surface area contributed by atoms with E-state index in [0.29, 0.717) is 10.6 Å². The lowest BCUT2D eigenvalue weighted by atomic mass is 10.0. The lowest BCUT2D eigenvalue weighted by molar-refractivity contribution is 0.0301. The van der Waals surface area contributed by atoms with Gasteiger partial charge in [-0.3, -0.25) is 0 Å². The summed E-state index contributed by atoms with van der Waals surface area (Å²) in [6.07, 6.45) is -1.64. The van der Waals surface area contributed by atoms with Crippen LogP contribution in [0.25, 0.3) is 0 Å². The molecule has 0 spiro atoms. The summed E-state index contributed by atoms with van der Waals surface area (Å²) in [5.41, 5.74) is 1.50. The number of aliphatic hydroxyl groups excluding tert-OH is 2. The Hall–Kier alpha value is -0.570. The van der Waals surface area contributed by atoms with E-state index in [1.165, 1.54) is 0 Å². The molecule has 0 saturated carbocycles. The van der Waals surface area contributed by atoms with Crippen molar-refractivity contribution in [2.45, 2.75) is 26.1 Å². The van der Waals surface area contributed by atoms with Gasteiger partial charge in [-0.25, -0.2) is 0 Å². The topological polar surface area (TPSA) is 40.5 Å². The van der Waals surface area contributed by atoms with Crippen molar-refractivity contribution in [3.63, 3.8) is 0 Å². The third-order valence-corrected chi connectivity index (χ3v) is 2.49. The van der Waals surface area contributed by atoms with Gasteiger partial charge in [0.1, 0.15) is 6.10 Å². The zero-order valence-corrected chi connectivity index (χ0v) is 8.42. The minimum atomic E-state index is -0.862. The summed E-state index contributed by atoms with van der Waals surface area (Å²) in [4.78, 5) is 0. The molecule has 0 heterocycles. The number of rotatable bonds is 2. The Morgan fingerprint density at radius 3 is 2.46 bits per heavy atom. The maximum atomic E-state index is 9.59. The molecule has 1 aromatic rings. The largest absolute Gasteiger partial charge is 0.390 e. The molecule has 13 heavy (non-hydrogen) atoms. The number of hydrogen-bond donors (Lipinski definition) is 2. The van der Waals surface area contributed by atoms with Crippen LogP contribution in [0.5, 0.6) is 0 Å². The number of aliphatic hydroxyl groups is 2. The van der Waals surface area contributed by atoms with Gasteiger partial charge in [0.15, 0.2) is 0 Å². The molecule has 0 amide bonds. The molecule has 0 bridgehead atoms. The Kier molecular flexibility index (Phi) is 3.31. The first-order chi connectivity index (χ1) is 6.04. The van der Waals surface area contributed by atoms with Crippen LogP contribution in [0.3, 0.4) is 0 Å². The van der Waals surface area contributed by atoms with E-state index in [0.717, 1.165) is 5.56 Å². The lowest BCUT2D eigenvalue weighted by Crippen LogP contribution is -2.14.